The fraction of sp³-hybridized carbons (Fsp3) is 0.583. The molecule has 1 heterocycles. The van der Waals surface area contributed by atoms with E-state index in [1.54, 1.807) is 0 Å². The molecule has 4 heteroatoms. The van der Waals surface area contributed by atoms with Crippen molar-refractivity contribution < 1.29 is 4.79 Å². The van der Waals surface area contributed by atoms with Gasteiger partial charge in [0.15, 0.2) is 0 Å². The normalized spacial score (nSPS) is 12.6. The van der Waals surface area contributed by atoms with E-state index in [0.717, 1.165) is 19.4 Å². The Morgan fingerprint density at radius 1 is 1.56 bits per heavy atom. The molecule has 1 aromatic heterocycles. The minimum atomic E-state index is -0.308. The van der Waals surface area contributed by atoms with Crippen LogP contribution in [0.5, 0.6) is 0 Å². The number of rotatable bonds is 7. The van der Waals surface area contributed by atoms with Crippen LogP contribution >= 0.6 is 0 Å². The van der Waals surface area contributed by atoms with E-state index in [1.807, 2.05) is 23.0 Å². The molecule has 0 saturated carbocycles. The van der Waals surface area contributed by atoms with Crippen LogP contribution < -0.4 is 11.1 Å². The number of hydrogen-bond donors (Lipinski definition) is 2. The quantitative estimate of drug-likeness (QED) is 0.734. The molecule has 0 aliphatic heterocycles. The summed E-state index contributed by atoms with van der Waals surface area (Å²) in [5, 5.41) is 3.44. The van der Waals surface area contributed by atoms with Crippen molar-refractivity contribution in [1.29, 1.82) is 0 Å². The third-order valence-corrected chi connectivity index (χ3v) is 2.54. The molecule has 0 fully saturated rings. The van der Waals surface area contributed by atoms with Gasteiger partial charge in [-0.3, -0.25) is 4.79 Å². The van der Waals surface area contributed by atoms with Crippen molar-refractivity contribution >= 4 is 5.91 Å². The summed E-state index contributed by atoms with van der Waals surface area (Å²) in [5.74, 6) is -0.308. The first-order valence-electron chi connectivity index (χ1n) is 5.84. The number of carbonyl (C=O) groups is 1. The smallest absolute Gasteiger partial charge is 0.237 e. The highest BCUT2D eigenvalue weighted by molar-refractivity contribution is 5.73. The van der Waals surface area contributed by atoms with Crippen LogP contribution in [0, 0.1) is 0 Å². The summed E-state index contributed by atoms with van der Waals surface area (Å²) in [4.78, 5) is 10.8. The van der Waals surface area contributed by atoms with Gasteiger partial charge >= 0.3 is 0 Å². The van der Waals surface area contributed by atoms with E-state index in [-0.39, 0.29) is 12.5 Å². The van der Waals surface area contributed by atoms with Gasteiger partial charge < -0.3 is 15.6 Å². The summed E-state index contributed by atoms with van der Waals surface area (Å²) in [6, 6.07) is 2.43. The second-order valence-corrected chi connectivity index (χ2v) is 3.98. The Morgan fingerprint density at radius 2 is 2.31 bits per heavy atom. The monoisotopic (exact) mass is 223 g/mol. The highest BCUT2D eigenvalue weighted by atomic mass is 16.1. The Hall–Kier alpha value is -1.29. The third kappa shape index (κ3) is 3.70. The molecule has 90 valence electrons. The van der Waals surface area contributed by atoms with Crippen LogP contribution in [0.4, 0.5) is 0 Å². The molecule has 1 atom stereocenters. The van der Waals surface area contributed by atoms with E-state index in [1.165, 1.54) is 5.56 Å². The largest absolute Gasteiger partial charge is 0.368 e. The SMILES string of the molecule is CCCC(NCC)c1ccn(CC(N)=O)c1. The number of hydrogen-bond acceptors (Lipinski definition) is 2. The molecule has 0 bridgehead atoms. The minimum absolute atomic E-state index is 0.255. The van der Waals surface area contributed by atoms with Crippen molar-refractivity contribution in [2.24, 2.45) is 5.73 Å². The average Bonchev–Trinajstić information content (AvgIpc) is 2.65. The van der Waals surface area contributed by atoms with Gasteiger partial charge in [0.25, 0.3) is 0 Å². The molecule has 0 radical (unpaired) electrons. The molecule has 1 unspecified atom stereocenters. The molecule has 1 aromatic rings. The maximum atomic E-state index is 10.8. The van der Waals surface area contributed by atoms with Crippen LogP contribution in [0.1, 0.15) is 38.3 Å². The second-order valence-electron chi connectivity index (χ2n) is 3.98. The number of nitrogens with one attached hydrogen (secondary N) is 1. The third-order valence-electron chi connectivity index (χ3n) is 2.54. The highest BCUT2D eigenvalue weighted by Gasteiger charge is 2.10. The van der Waals surface area contributed by atoms with E-state index >= 15 is 0 Å². The number of amides is 1. The van der Waals surface area contributed by atoms with Gasteiger partial charge in [-0.1, -0.05) is 20.3 Å². The van der Waals surface area contributed by atoms with Crippen LogP contribution in [-0.2, 0) is 11.3 Å². The number of nitrogens with two attached hydrogens (primary N) is 1. The number of aromatic nitrogens is 1. The van der Waals surface area contributed by atoms with E-state index < -0.39 is 0 Å². The maximum Gasteiger partial charge on any atom is 0.237 e. The fourth-order valence-electron chi connectivity index (χ4n) is 1.87. The second kappa shape index (κ2) is 6.33. The van der Waals surface area contributed by atoms with Crippen molar-refractivity contribution in [2.45, 2.75) is 39.3 Å². The molecule has 0 aliphatic carbocycles. The Morgan fingerprint density at radius 3 is 2.88 bits per heavy atom. The first-order chi connectivity index (χ1) is 7.67. The predicted molar refractivity (Wildman–Crippen MR) is 65.0 cm³/mol. The molecule has 1 amide bonds. The van der Waals surface area contributed by atoms with Crippen LogP contribution in [0.2, 0.25) is 0 Å². The van der Waals surface area contributed by atoms with Crippen LogP contribution in [-0.4, -0.2) is 17.0 Å². The molecule has 0 aliphatic rings. The van der Waals surface area contributed by atoms with E-state index in [4.69, 9.17) is 5.73 Å². The average molecular weight is 223 g/mol. The lowest BCUT2D eigenvalue weighted by molar-refractivity contribution is -0.118. The highest BCUT2D eigenvalue weighted by Crippen LogP contribution is 2.18. The van der Waals surface area contributed by atoms with Crippen LogP contribution in [0.3, 0.4) is 0 Å². The van der Waals surface area contributed by atoms with E-state index in [9.17, 15) is 4.79 Å². The molecule has 3 N–H and O–H groups in total. The summed E-state index contributed by atoms with van der Waals surface area (Å²) >= 11 is 0. The van der Waals surface area contributed by atoms with Gasteiger partial charge in [-0.25, -0.2) is 0 Å². The summed E-state index contributed by atoms with van der Waals surface area (Å²) in [5.41, 5.74) is 6.38. The van der Waals surface area contributed by atoms with Crippen molar-refractivity contribution in [3.05, 3.63) is 24.0 Å². The van der Waals surface area contributed by atoms with Crippen molar-refractivity contribution in [3.63, 3.8) is 0 Å². The molecule has 16 heavy (non-hydrogen) atoms. The van der Waals surface area contributed by atoms with Crippen LogP contribution in [0.15, 0.2) is 18.5 Å². The summed E-state index contributed by atoms with van der Waals surface area (Å²) in [6.07, 6.45) is 6.14. The van der Waals surface area contributed by atoms with Crippen molar-refractivity contribution in [2.75, 3.05) is 6.54 Å². The molecular weight excluding hydrogens is 202 g/mol. The van der Waals surface area contributed by atoms with Gasteiger partial charge in [0.2, 0.25) is 5.91 Å². The fourth-order valence-corrected chi connectivity index (χ4v) is 1.87. The van der Waals surface area contributed by atoms with E-state index in [0.29, 0.717) is 6.04 Å². The van der Waals surface area contributed by atoms with Crippen LogP contribution in [0.25, 0.3) is 0 Å². The standard InChI is InChI=1S/C12H21N3O/c1-3-5-11(14-4-2)10-6-7-15(8-10)9-12(13)16/h6-8,11,14H,3-5,9H2,1-2H3,(H2,13,16). The zero-order valence-corrected chi connectivity index (χ0v) is 10.1. The van der Waals surface area contributed by atoms with Gasteiger partial charge in [0, 0.05) is 18.4 Å². The van der Waals surface area contributed by atoms with Gasteiger partial charge in [0.05, 0.1) is 0 Å². The minimum Gasteiger partial charge on any atom is -0.368 e. The van der Waals surface area contributed by atoms with Crippen molar-refractivity contribution in [3.8, 4) is 0 Å². The number of nitrogens with zero attached hydrogens (tertiary/aromatic N) is 1. The maximum absolute atomic E-state index is 10.8. The molecule has 0 spiro atoms. The first-order valence-corrected chi connectivity index (χ1v) is 5.84. The van der Waals surface area contributed by atoms with Gasteiger partial charge in [-0.2, -0.15) is 0 Å². The first kappa shape index (κ1) is 12.8. The Bertz CT molecular complexity index is 327. The number of primary amides is 1. The van der Waals surface area contributed by atoms with Gasteiger partial charge in [-0.15, -0.1) is 0 Å². The van der Waals surface area contributed by atoms with Crippen molar-refractivity contribution in [1.82, 2.24) is 9.88 Å². The summed E-state index contributed by atoms with van der Waals surface area (Å²) < 4.78 is 1.83. The lowest BCUT2D eigenvalue weighted by atomic mass is 10.1. The predicted octanol–water partition coefficient (Wildman–Crippen LogP) is 1.42. The molecule has 4 nitrogen and oxygen atoms in total. The lowest BCUT2D eigenvalue weighted by Gasteiger charge is -2.15. The zero-order valence-electron chi connectivity index (χ0n) is 10.1. The summed E-state index contributed by atoms with van der Waals surface area (Å²) in [7, 11) is 0. The number of carbonyl (C=O) groups excluding carboxylic acids is 1. The lowest BCUT2D eigenvalue weighted by Crippen LogP contribution is -2.20. The Labute approximate surface area is 96.8 Å². The summed E-state index contributed by atoms with van der Waals surface area (Å²) in [6.45, 7) is 5.48. The van der Waals surface area contributed by atoms with E-state index in [2.05, 4.69) is 19.2 Å². The van der Waals surface area contributed by atoms with Gasteiger partial charge in [0.1, 0.15) is 6.54 Å². The molecule has 1 rings (SSSR count). The zero-order chi connectivity index (χ0) is 12.0. The topological polar surface area (TPSA) is 60.1 Å². The Balaban J connectivity index is 2.68. The van der Waals surface area contributed by atoms with Gasteiger partial charge in [-0.05, 0) is 24.6 Å². The Kier molecular flexibility index (Phi) is 5.05. The molecule has 0 saturated heterocycles. The molecule has 0 aromatic carbocycles. The molecular formula is C12H21N3O.